The SMILES string of the molecule is CC1(C)c2ccccc2Sc2c1c1ccc3c4ccccc4n(-c4nc(-c5ccccc5)nc(-c5ccccc5)n4)c3c1n2-c1ccccc1. The molecule has 9 aromatic rings. The third-order valence-electron chi connectivity index (χ3n) is 10.0. The molecule has 0 amide bonds. The van der Waals surface area contributed by atoms with E-state index >= 15 is 0 Å². The molecule has 6 aromatic carbocycles. The summed E-state index contributed by atoms with van der Waals surface area (Å²) in [5.74, 6) is 1.86. The Morgan fingerprint density at radius 2 is 1.06 bits per heavy atom. The molecule has 0 saturated heterocycles. The number of hydrogen-bond donors (Lipinski definition) is 0. The zero-order valence-corrected chi connectivity index (χ0v) is 28.4. The van der Waals surface area contributed by atoms with Gasteiger partial charge in [0.2, 0.25) is 5.95 Å². The zero-order chi connectivity index (χ0) is 33.4. The number of benzene rings is 6. The summed E-state index contributed by atoms with van der Waals surface area (Å²) in [4.78, 5) is 16.8. The fourth-order valence-corrected chi connectivity index (χ4v) is 9.28. The first-order chi connectivity index (χ1) is 24.6. The van der Waals surface area contributed by atoms with Crippen LogP contribution in [0.1, 0.15) is 25.0 Å². The van der Waals surface area contributed by atoms with E-state index in [1.165, 1.54) is 26.4 Å². The highest BCUT2D eigenvalue weighted by Crippen LogP contribution is 2.54. The maximum Gasteiger partial charge on any atom is 0.238 e. The fraction of sp³-hybridized carbons (Fsp3) is 0.0682. The van der Waals surface area contributed by atoms with Gasteiger partial charge in [0.15, 0.2) is 11.6 Å². The van der Waals surface area contributed by atoms with E-state index in [-0.39, 0.29) is 5.41 Å². The smallest absolute Gasteiger partial charge is 0.238 e. The molecule has 0 unspecified atom stereocenters. The molecule has 0 bridgehead atoms. The second-order valence-electron chi connectivity index (χ2n) is 13.3. The van der Waals surface area contributed by atoms with Gasteiger partial charge >= 0.3 is 0 Å². The molecule has 5 nitrogen and oxygen atoms in total. The van der Waals surface area contributed by atoms with Crippen LogP contribution >= 0.6 is 11.8 Å². The summed E-state index contributed by atoms with van der Waals surface area (Å²) < 4.78 is 4.74. The molecule has 0 N–H and O–H groups in total. The van der Waals surface area contributed by atoms with Crippen molar-refractivity contribution in [3.05, 3.63) is 163 Å². The van der Waals surface area contributed by atoms with Crippen molar-refractivity contribution in [2.75, 3.05) is 0 Å². The largest absolute Gasteiger partial charge is 0.302 e. The third-order valence-corrected chi connectivity index (χ3v) is 11.2. The Kier molecular flexibility index (Phi) is 6.39. The topological polar surface area (TPSA) is 48.5 Å². The summed E-state index contributed by atoms with van der Waals surface area (Å²) in [6.07, 6.45) is 0. The maximum atomic E-state index is 5.25. The van der Waals surface area contributed by atoms with Gasteiger partial charge in [-0.2, -0.15) is 9.97 Å². The molecule has 238 valence electrons. The first-order valence-electron chi connectivity index (χ1n) is 16.9. The van der Waals surface area contributed by atoms with Crippen LogP contribution < -0.4 is 0 Å². The number of fused-ring (bicyclic) bond motifs is 8. The minimum Gasteiger partial charge on any atom is -0.302 e. The van der Waals surface area contributed by atoms with E-state index in [2.05, 4.69) is 138 Å². The van der Waals surface area contributed by atoms with Crippen LogP contribution in [0.25, 0.3) is 67.1 Å². The second kappa shape index (κ2) is 11.0. The first-order valence-corrected chi connectivity index (χ1v) is 17.7. The summed E-state index contributed by atoms with van der Waals surface area (Å²) >= 11 is 1.86. The molecular weight excluding hydrogens is 631 g/mol. The highest BCUT2D eigenvalue weighted by molar-refractivity contribution is 7.99. The predicted molar refractivity (Wildman–Crippen MR) is 205 cm³/mol. The highest BCUT2D eigenvalue weighted by atomic mass is 32.2. The van der Waals surface area contributed by atoms with Gasteiger partial charge in [0.05, 0.1) is 21.6 Å². The lowest BCUT2D eigenvalue weighted by Gasteiger charge is -2.33. The van der Waals surface area contributed by atoms with Crippen molar-refractivity contribution in [2.24, 2.45) is 0 Å². The minimum absolute atomic E-state index is 0.228. The molecule has 0 fully saturated rings. The van der Waals surface area contributed by atoms with Crippen molar-refractivity contribution in [1.29, 1.82) is 0 Å². The van der Waals surface area contributed by atoms with Crippen LogP contribution in [0, 0.1) is 0 Å². The summed E-state index contributed by atoms with van der Waals surface area (Å²) in [6, 6.07) is 53.2. The number of aromatic nitrogens is 5. The summed E-state index contributed by atoms with van der Waals surface area (Å²) in [6.45, 7) is 4.73. The zero-order valence-electron chi connectivity index (χ0n) is 27.6. The van der Waals surface area contributed by atoms with E-state index in [1.807, 2.05) is 48.2 Å². The lowest BCUT2D eigenvalue weighted by Crippen LogP contribution is -2.23. The minimum atomic E-state index is -0.228. The van der Waals surface area contributed by atoms with E-state index < -0.39 is 0 Å². The van der Waals surface area contributed by atoms with Crippen LogP contribution in [0.15, 0.2) is 162 Å². The van der Waals surface area contributed by atoms with Crippen LogP contribution in [0.4, 0.5) is 0 Å². The Balaban J connectivity index is 1.39. The molecule has 0 atom stereocenters. The highest BCUT2D eigenvalue weighted by Gasteiger charge is 2.39. The monoisotopic (exact) mass is 661 g/mol. The molecule has 1 aliphatic rings. The van der Waals surface area contributed by atoms with E-state index in [4.69, 9.17) is 15.0 Å². The standard InChI is InChI=1S/C44H31N5S/c1-44(2)34-23-13-15-25-36(34)50-42-37(44)33-27-26-32-31-22-12-14-24-35(31)49(38(32)39(33)48(42)30-20-10-5-11-21-30)43-46-40(28-16-6-3-7-17-28)45-41(47-43)29-18-8-4-9-19-29/h3-27H,1-2H3. The second-order valence-corrected chi connectivity index (χ2v) is 14.3. The normalized spacial score (nSPS) is 13.5. The van der Waals surface area contributed by atoms with Crippen molar-refractivity contribution in [2.45, 2.75) is 29.2 Å². The van der Waals surface area contributed by atoms with E-state index in [9.17, 15) is 0 Å². The van der Waals surface area contributed by atoms with Gasteiger partial charge in [-0.1, -0.05) is 153 Å². The first kappa shape index (κ1) is 29.0. The van der Waals surface area contributed by atoms with Gasteiger partial charge in [0.1, 0.15) is 0 Å². The molecule has 0 saturated carbocycles. The van der Waals surface area contributed by atoms with E-state index in [0.717, 1.165) is 44.1 Å². The number of para-hydroxylation sites is 2. The van der Waals surface area contributed by atoms with Gasteiger partial charge in [0, 0.05) is 48.8 Å². The molecule has 0 aliphatic carbocycles. The Labute approximate surface area is 293 Å². The molecule has 10 rings (SSSR count). The third kappa shape index (κ3) is 4.25. The van der Waals surface area contributed by atoms with Crippen molar-refractivity contribution < 1.29 is 0 Å². The fourth-order valence-electron chi connectivity index (χ4n) is 7.74. The Morgan fingerprint density at radius 1 is 0.500 bits per heavy atom. The number of hydrogen-bond acceptors (Lipinski definition) is 4. The van der Waals surface area contributed by atoms with Gasteiger partial charge in [-0.3, -0.25) is 4.57 Å². The summed E-state index contributed by atoms with van der Waals surface area (Å²) in [5, 5.41) is 4.78. The Bertz CT molecular complexity index is 2690. The van der Waals surface area contributed by atoms with Gasteiger partial charge in [0.25, 0.3) is 0 Å². The van der Waals surface area contributed by atoms with Gasteiger partial charge < -0.3 is 4.57 Å². The van der Waals surface area contributed by atoms with Gasteiger partial charge in [-0.05, 0) is 29.8 Å². The summed E-state index contributed by atoms with van der Waals surface area (Å²) in [5.41, 5.74) is 8.74. The Hall–Kier alpha value is -5.98. The van der Waals surface area contributed by atoms with Crippen LogP contribution in [-0.2, 0) is 5.41 Å². The number of rotatable bonds is 4. The lowest BCUT2D eigenvalue weighted by atomic mass is 9.77. The van der Waals surface area contributed by atoms with E-state index in [0.29, 0.717) is 17.6 Å². The molecule has 6 heteroatoms. The molecule has 0 radical (unpaired) electrons. The molecule has 4 heterocycles. The lowest BCUT2D eigenvalue weighted by molar-refractivity contribution is 0.606. The van der Waals surface area contributed by atoms with Gasteiger partial charge in [-0.15, -0.1) is 0 Å². The average Bonchev–Trinajstić information content (AvgIpc) is 3.69. The van der Waals surface area contributed by atoms with Crippen molar-refractivity contribution >= 4 is 44.5 Å². The summed E-state index contributed by atoms with van der Waals surface area (Å²) in [7, 11) is 0. The molecule has 0 spiro atoms. The van der Waals surface area contributed by atoms with Crippen molar-refractivity contribution in [3.8, 4) is 34.4 Å². The molecule has 50 heavy (non-hydrogen) atoms. The van der Waals surface area contributed by atoms with Gasteiger partial charge in [-0.25, -0.2) is 4.98 Å². The Morgan fingerprint density at radius 3 is 1.76 bits per heavy atom. The van der Waals surface area contributed by atoms with Crippen LogP contribution in [0.2, 0.25) is 0 Å². The van der Waals surface area contributed by atoms with Crippen LogP contribution in [0.5, 0.6) is 0 Å². The van der Waals surface area contributed by atoms with Crippen LogP contribution in [-0.4, -0.2) is 24.1 Å². The number of nitrogens with zero attached hydrogens (tertiary/aromatic N) is 5. The van der Waals surface area contributed by atoms with E-state index in [1.54, 1.807) is 0 Å². The van der Waals surface area contributed by atoms with Crippen molar-refractivity contribution in [1.82, 2.24) is 24.1 Å². The van der Waals surface area contributed by atoms with Crippen LogP contribution in [0.3, 0.4) is 0 Å². The molecule has 1 aliphatic heterocycles. The average molecular weight is 662 g/mol. The molecule has 3 aromatic heterocycles. The molecular formula is C44H31N5S. The van der Waals surface area contributed by atoms with Crippen molar-refractivity contribution in [3.63, 3.8) is 0 Å². The quantitative estimate of drug-likeness (QED) is 0.188. The predicted octanol–water partition coefficient (Wildman–Crippen LogP) is 11.0. The maximum absolute atomic E-state index is 5.25.